The normalized spacial score (nSPS) is 11.1. The molecule has 2 aromatic carbocycles. The third-order valence-electron chi connectivity index (χ3n) is 4.20. The van der Waals surface area contributed by atoms with E-state index in [1.807, 2.05) is 0 Å². The Morgan fingerprint density at radius 3 is 2.33 bits per heavy atom. The van der Waals surface area contributed by atoms with E-state index in [1.54, 1.807) is 69.6 Å². The molecule has 0 bridgehead atoms. The van der Waals surface area contributed by atoms with E-state index in [1.165, 1.54) is 15.9 Å². The van der Waals surface area contributed by atoms with Gasteiger partial charge in [-0.3, -0.25) is 9.59 Å². The number of tetrazole rings is 1. The van der Waals surface area contributed by atoms with Gasteiger partial charge in [0, 0.05) is 19.7 Å². The first-order valence-corrected chi connectivity index (χ1v) is 9.05. The van der Waals surface area contributed by atoms with Gasteiger partial charge in [-0.2, -0.15) is 5.10 Å². The largest absolute Gasteiger partial charge is 0.484 e. The lowest BCUT2D eigenvalue weighted by Crippen LogP contribution is -2.27. The Labute approximate surface area is 173 Å². The first-order valence-electron chi connectivity index (χ1n) is 9.05. The summed E-state index contributed by atoms with van der Waals surface area (Å²) in [7, 11) is 3.34. The van der Waals surface area contributed by atoms with E-state index in [9.17, 15) is 9.59 Å². The van der Waals surface area contributed by atoms with Crippen LogP contribution in [0.4, 0.5) is 0 Å². The second-order valence-corrected chi connectivity index (χ2v) is 6.54. The molecule has 1 aromatic heterocycles. The van der Waals surface area contributed by atoms with Gasteiger partial charge in [0.2, 0.25) is 0 Å². The van der Waals surface area contributed by atoms with Crippen LogP contribution >= 0.6 is 0 Å². The van der Waals surface area contributed by atoms with Gasteiger partial charge >= 0.3 is 0 Å². The summed E-state index contributed by atoms with van der Waals surface area (Å²) in [5.41, 5.74) is 5.18. The Hall–Kier alpha value is -4.08. The number of rotatable bonds is 7. The van der Waals surface area contributed by atoms with Crippen molar-refractivity contribution in [2.45, 2.75) is 6.92 Å². The van der Waals surface area contributed by atoms with Crippen LogP contribution in [-0.2, 0) is 4.79 Å². The Kier molecular flexibility index (Phi) is 6.48. The molecule has 3 aromatic rings. The lowest BCUT2D eigenvalue weighted by molar-refractivity contribution is -0.130. The Morgan fingerprint density at radius 2 is 1.73 bits per heavy atom. The molecule has 1 heterocycles. The number of nitrogens with zero attached hydrogens (tertiary/aromatic N) is 6. The summed E-state index contributed by atoms with van der Waals surface area (Å²) in [5, 5.41) is 15.1. The summed E-state index contributed by atoms with van der Waals surface area (Å²) >= 11 is 0. The summed E-state index contributed by atoms with van der Waals surface area (Å²) in [6.07, 6.45) is 1.47. The number of hydrazone groups is 1. The van der Waals surface area contributed by atoms with E-state index in [2.05, 4.69) is 26.1 Å². The van der Waals surface area contributed by atoms with Gasteiger partial charge in [0.05, 0.1) is 11.4 Å². The monoisotopic (exact) mass is 407 g/mol. The Bertz CT molecular complexity index is 1030. The zero-order chi connectivity index (χ0) is 21.5. The summed E-state index contributed by atoms with van der Waals surface area (Å²) < 4.78 is 6.94. The summed E-state index contributed by atoms with van der Waals surface area (Å²) in [6, 6.07) is 13.9. The van der Waals surface area contributed by atoms with Crippen molar-refractivity contribution in [2.75, 3.05) is 20.7 Å². The maximum absolute atomic E-state index is 12.3. The number of ether oxygens (including phenoxy) is 1. The van der Waals surface area contributed by atoms with Crippen LogP contribution in [-0.4, -0.2) is 63.3 Å². The fraction of sp³-hybridized carbons (Fsp3) is 0.200. The highest BCUT2D eigenvalue weighted by molar-refractivity contribution is 6.01. The van der Waals surface area contributed by atoms with Crippen molar-refractivity contribution in [3.05, 3.63) is 66.0 Å². The molecule has 0 atom stereocenters. The molecular weight excluding hydrogens is 386 g/mol. The first kappa shape index (κ1) is 20.6. The predicted octanol–water partition coefficient (Wildman–Crippen LogP) is 1.28. The molecule has 0 fully saturated rings. The number of amides is 2. The molecule has 30 heavy (non-hydrogen) atoms. The summed E-state index contributed by atoms with van der Waals surface area (Å²) in [4.78, 5) is 25.3. The molecule has 3 rings (SSSR count). The second kappa shape index (κ2) is 9.41. The van der Waals surface area contributed by atoms with E-state index in [4.69, 9.17) is 4.74 Å². The van der Waals surface area contributed by atoms with E-state index in [0.29, 0.717) is 17.0 Å². The van der Waals surface area contributed by atoms with Crippen molar-refractivity contribution in [2.24, 2.45) is 5.10 Å². The van der Waals surface area contributed by atoms with Crippen LogP contribution in [0.2, 0.25) is 0 Å². The number of benzene rings is 2. The number of hydrogen-bond donors (Lipinski definition) is 1. The fourth-order valence-electron chi connectivity index (χ4n) is 2.38. The molecule has 0 aliphatic carbocycles. The van der Waals surface area contributed by atoms with Crippen molar-refractivity contribution in [3.8, 4) is 11.4 Å². The van der Waals surface area contributed by atoms with Gasteiger partial charge in [-0.15, -0.1) is 5.10 Å². The minimum atomic E-state index is -0.334. The predicted molar refractivity (Wildman–Crippen MR) is 109 cm³/mol. The molecule has 0 spiro atoms. The average Bonchev–Trinajstić information content (AvgIpc) is 3.31. The van der Waals surface area contributed by atoms with E-state index in [0.717, 1.165) is 11.3 Å². The highest BCUT2D eigenvalue weighted by Gasteiger charge is 2.07. The van der Waals surface area contributed by atoms with Gasteiger partial charge in [-0.25, -0.2) is 10.1 Å². The van der Waals surface area contributed by atoms with E-state index >= 15 is 0 Å². The molecule has 0 aliphatic heterocycles. The molecule has 0 unspecified atom stereocenters. The van der Waals surface area contributed by atoms with Crippen LogP contribution in [0.5, 0.6) is 5.75 Å². The topological polar surface area (TPSA) is 115 Å². The van der Waals surface area contributed by atoms with Crippen LogP contribution in [0.15, 0.2) is 60.0 Å². The van der Waals surface area contributed by atoms with Crippen LogP contribution in [0, 0.1) is 0 Å². The van der Waals surface area contributed by atoms with E-state index < -0.39 is 0 Å². The van der Waals surface area contributed by atoms with Crippen molar-refractivity contribution >= 4 is 17.5 Å². The zero-order valence-corrected chi connectivity index (χ0v) is 16.8. The SMILES string of the molecule is C/C(=N\NC(=O)c1ccc(-n2cnnn2)cc1)c1ccc(OCC(=O)N(C)C)cc1. The fourth-order valence-corrected chi connectivity index (χ4v) is 2.38. The van der Waals surface area contributed by atoms with Crippen LogP contribution in [0.1, 0.15) is 22.8 Å². The maximum Gasteiger partial charge on any atom is 0.271 e. The highest BCUT2D eigenvalue weighted by Crippen LogP contribution is 2.13. The van der Waals surface area contributed by atoms with Crippen molar-refractivity contribution in [1.29, 1.82) is 0 Å². The standard InChI is InChI=1S/C20H21N7O3/c1-14(15-6-10-18(11-7-15)30-12-19(28)26(2)3)22-23-20(29)16-4-8-17(9-5-16)27-13-21-24-25-27/h4-11,13H,12H2,1-3H3,(H,23,29)/b22-14+. The number of likely N-dealkylation sites (N-methyl/N-ethyl adjacent to an activating group) is 1. The lowest BCUT2D eigenvalue weighted by Gasteiger charge is -2.11. The third kappa shape index (κ3) is 5.25. The summed E-state index contributed by atoms with van der Waals surface area (Å²) in [6.45, 7) is 1.76. The van der Waals surface area contributed by atoms with Crippen LogP contribution in [0.25, 0.3) is 5.69 Å². The highest BCUT2D eigenvalue weighted by atomic mass is 16.5. The molecule has 0 saturated carbocycles. The maximum atomic E-state index is 12.3. The third-order valence-corrected chi connectivity index (χ3v) is 4.20. The Balaban J connectivity index is 1.57. The molecule has 1 N–H and O–H groups in total. The molecule has 0 aliphatic rings. The number of hydrogen-bond acceptors (Lipinski definition) is 7. The van der Waals surface area contributed by atoms with Gasteiger partial charge in [0.1, 0.15) is 12.1 Å². The second-order valence-electron chi connectivity index (χ2n) is 6.54. The molecular formula is C20H21N7O3. The van der Waals surface area contributed by atoms with Gasteiger partial charge < -0.3 is 9.64 Å². The van der Waals surface area contributed by atoms with Gasteiger partial charge in [-0.1, -0.05) is 0 Å². The number of carbonyl (C=O) groups excluding carboxylic acids is 2. The van der Waals surface area contributed by atoms with E-state index in [-0.39, 0.29) is 18.4 Å². The number of aromatic nitrogens is 4. The minimum Gasteiger partial charge on any atom is -0.484 e. The molecule has 10 heteroatoms. The molecule has 10 nitrogen and oxygen atoms in total. The molecule has 0 radical (unpaired) electrons. The minimum absolute atomic E-state index is 0.0261. The molecule has 0 saturated heterocycles. The zero-order valence-electron chi connectivity index (χ0n) is 16.8. The number of carbonyl (C=O) groups is 2. The molecule has 154 valence electrons. The number of nitrogens with one attached hydrogen (secondary N) is 1. The van der Waals surface area contributed by atoms with Crippen LogP contribution in [0.3, 0.4) is 0 Å². The Morgan fingerprint density at radius 1 is 1.07 bits per heavy atom. The van der Waals surface area contributed by atoms with Crippen molar-refractivity contribution < 1.29 is 14.3 Å². The van der Waals surface area contributed by atoms with Crippen molar-refractivity contribution in [1.82, 2.24) is 30.5 Å². The lowest BCUT2D eigenvalue weighted by atomic mass is 10.1. The summed E-state index contributed by atoms with van der Waals surface area (Å²) in [5.74, 6) is 0.124. The quantitative estimate of drug-likeness (QED) is 0.466. The van der Waals surface area contributed by atoms with Gasteiger partial charge in [0.25, 0.3) is 11.8 Å². The smallest absolute Gasteiger partial charge is 0.271 e. The van der Waals surface area contributed by atoms with Gasteiger partial charge in [-0.05, 0) is 71.4 Å². The van der Waals surface area contributed by atoms with Crippen LogP contribution < -0.4 is 10.2 Å². The van der Waals surface area contributed by atoms with Crippen molar-refractivity contribution in [3.63, 3.8) is 0 Å². The first-order chi connectivity index (χ1) is 14.4. The molecule has 2 amide bonds. The van der Waals surface area contributed by atoms with Gasteiger partial charge in [0.15, 0.2) is 6.61 Å². The average molecular weight is 407 g/mol.